The minimum Gasteiger partial charge on any atom is -0.487 e. The highest BCUT2D eigenvalue weighted by molar-refractivity contribution is 7.89. The fourth-order valence-corrected chi connectivity index (χ4v) is 6.80. The molecule has 4 rings (SSSR count). The summed E-state index contributed by atoms with van der Waals surface area (Å²) in [5.74, 6) is 5.68. The van der Waals surface area contributed by atoms with Crippen molar-refractivity contribution in [1.82, 2.24) is 14.2 Å². The van der Waals surface area contributed by atoms with E-state index < -0.39 is 27.8 Å². The van der Waals surface area contributed by atoms with Crippen LogP contribution in [-0.2, 0) is 21.2 Å². The highest BCUT2D eigenvalue weighted by Crippen LogP contribution is 2.34. The van der Waals surface area contributed by atoms with Crippen LogP contribution in [0.5, 0.6) is 5.75 Å². The number of pyridine rings is 1. The van der Waals surface area contributed by atoms with Gasteiger partial charge in [0.15, 0.2) is 0 Å². The Balaban J connectivity index is 1.66. The molecule has 9 nitrogen and oxygen atoms in total. The number of aliphatic hydroxyl groups is 2. The lowest BCUT2D eigenvalue weighted by Gasteiger charge is -2.37. The molecule has 0 unspecified atom stereocenters. The van der Waals surface area contributed by atoms with E-state index in [0.29, 0.717) is 18.4 Å². The van der Waals surface area contributed by atoms with Crippen molar-refractivity contribution in [1.29, 1.82) is 0 Å². The highest BCUT2D eigenvalue weighted by atomic mass is 32.2. The van der Waals surface area contributed by atoms with E-state index in [-0.39, 0.29) is 48.6 Å². The molecule has 210 valence electrons. The summed E-state index contributed by atoms with van der Waals surface area (Å²) in [5.41, 5.74) is 0.297. The van der Waals surface area contributed by atoms with Gasteiger partial charge in [0.05, 0.1) is 19.6 Å². The summed E-state index contributed by atoms with van der Waals surface area (Å²) in [4.78, 5) is 18.6. The van der Waals surface area contributed by atoms with Crippen LogP contribution in [0.25, 0.3) is 0 Å². The Labute approximate surface area is 230 Å². The monoisotopic (exact) mass is 555 g/mol. The SMILES string of the molecule is C[C@H]1CN([C@@H](C)CO)S(=O)(=O)c2ccc(C#CC3(O)CCCC3)cc2O[C@H]1CN(C)C(=O)Cc1cccnc1. The molecule has 0 bridgehead atoms. The molecule has 0 spiro atoms. The third-order valence-electron chi connectivity index (χ3n) is 7.50. The number of carbonyl (C=O) groups excluding carboxylic acids is 1. The Hall–Kier alpha value is -2.97. The fraction of sp³-hybridized carbons (Fsp3) is 0.517. The number of aliphatic hydroxyl groups excluding tert-OH is 1. The number of rotatable bonds is 6. The summed E-state index contributed by atoms with van der Waals surface area (Å²) in [6.45, 7) is 3.55. The predicted octanol–water partition coefficient (Wildman–Crippen LogP) is 2.21. The molecule has 1 aliphatic heterocycles. The topological polar surface area (TPSA) is 120 Å². The van der Waals surface area contributed by atoms with Crippen molar-refractivity contribution < 1.29 is 28.2 Å². The summed E-state index contributed by atoms with van der Waals surface area (Å²) >= 11 is 0. The van der Waals surface area contributed by atoms with E-state index in [1.165, 1.54) is 10.4 Å². The zero-order valence-electron chi connectivity index (χ0n) is 22.7. The maximum absolute atomic E-state index is 13.7. The van der Waals surface area contributed by atoms with Crippen LogP contribution in [0.15, 0.2) is 47.6 Å². The van der Waals surface area contributed by atoms with Gasteiger partial charge < -0.3 is 19.8 Å². The number of nitrogens with zero attached hydrogens (tertiary/aromatic N) is 3. The summed E-state index contributed by atoms with van der Waals surface area (Å²) < 4.78 is 35.0. The number of benzene rings is 1. The van der Waals surface area contributed by atoms with Crippen LogP contribution in [0.3, 0.4) is 0 Å². The van der Waals surface area contributed by atoms with Gasteiger partial charge in [-0.15, -0.1) is 0 Å². The van der Waals surface area contributed by atoms with Crippen LogP contribution in [-0.4, -0.2) is 83.2 Å². The maximum atomic E-state index is 13.7. The standard InChI is InChI=1S/C29H37N3O6S/c1-21-18-32(22(2)20-33)39(36,37)27-9-8-23(10-13-29(35)11-4-5-12-29)15-25(27)38-26(21)19-31(3)28(34)16-24-7-6-14-30-17-24/h6-9,14-15,17,21-22,26,33,35H,4-5,11-12,16,18-20H2,1-3H3/t21-,22-,26-/m0/s1. The first-order valence-electron chi connectivity index (χ1n) is 13.3. The smallest absolute Gasteiger partial charge is 0.247 e. The molecule has 2 aliphatic rings. The molecule has 1 amide bonds. The number of ether oxygens (including phenoxy) is 1. The fourth-order valence-electron chi connectivity index (χ4n) is 4.98. The van der Waals surface area contributed by atoms with Crippen molar-refractivity contribution in [3.8, 4) is 17.6 Å². The molecule has 1 fully saturated rings. The van der Waals surface area contributed by atoms with Crippen molar-refractivity contribution in [3.63, 3.8) is 0 Å². The van der Waals surface area contributed by atoms with Gasteiger partial charge in [-0.25, -0.2) is 8.42 Å². The minimum absolute atomic E-state index is 0.0193. The number of hydrogen-bond acceptors (Lipinski definition) is 7. The van der Waals surface area contributed by atoms with E-state index in [1.807, 2.05) is 13.0 Å². The Morgan fingerprint density at radius 3 is 2.72 bits per heavy atom. The van der Waals surface area contributed by atoms with Crippen molar-refractivity contribution in [3.05, 3.63) is 53.9 Å². The summed E-state index contributed by atoms with van der Waals surface area (Å²) in [6.07, 6.45) is 6.03. The number of aromatic nitrogens is 1. The van der Waals surface area contributed by atoms with Gasteiger partial charge in [0, 0.05) is 43.5 Å². The predicted molar refractivity (Wildman–Crippen MR) is 146 cm³/mol. The average Bonchev–Trinajstić information content (AvgIpc) is 3.36. The average molecular weight is 556 g/mol. The van der Waals surface area contributed by atoms with Crippen molar-refractivity contribution in [2.75, 3.05) is 26.7 Å². The molecule has 39 heavy (non-hydrogen) atoms. The zero-order chi connectivity index (χ0) is 28.2. The lowest BCUT2D eigenvalue weighted by atomic mass is 10.0. The summed E-state index contributed by atoms with van der Waals surface area (Å²) in [7, 11) is -2.29. The number of amides is 1. The van der Waals surface area contributed by atoms with E-state index in [4.69, 9.17) is 4.74 Å². The lowest BCUT2D eigenvalue weighted by molar-refractivity contribution is -0.130. The lowest BCUT2D eigenvalue weighted by Crippen LogP contribution is -2.50. The molecule has 1 aromatic carbocycles. The largest absolute Gasteiger partial charge is 0.487 e. The van der Waals surface area contributed by atoms with Crippen LogP contribution in [0.1, 0.15) is 50.7 Å². The zero-order valence-corrected chi connectivity index (χ0v) is 23.5. The molecule has 3 atom stereocenters. The molecule has 2 aromatic rings. The number of sulfonamides is 1. The first-order valence-corrected chi connectivity index (χ1v) is 14.8. The van der Waals surface area contributed by atoms with Gasteiger partial charge in [0.25, 0.3) is 0 Å². The van der Waals surface area contributed by atoms with Gasteiger partial charge in [-0.05, 0) is 62.4 Å². The third kappa shape index (κ3) is 6.79. The number of carbonyl (C=O) groups is 1. The summed E-state index contributed by atoms with van der Waals surface area (Å²) in [6, 6.07) is 7.63. The molecule has 0 saturated heterocycles. The van der Waals surface area contributed by atoms with Crippen molar-refractivity contribution in [2.24, 2.45) is 5.92 Å². The molecule has 2 N–H and O–H groups in total. The highest BCUT2D eigenvalue weighted by Gasteiger charge is 2.38. The minimum atomic E-state index is -3.99. The second-order valence-corrected chi connectivity index (χ2v) is 12.6. The Morgan fingerprint density at radius 1 is 1.31 bits per heavy atom. The van der Waals surface area contributed by atoms with Gasteiger partial charge >= 0.3 is 0 Å². The van der Waals surface area contributed by atoms with Crippen LogP contribution in [0, 0.1) is 17.8 Å². The molecular weight excluding hydrogens is 518 g/mol. The first kappa shape index (κ1) is 29.0. The quantitative estimate of drug-likeness (QED) is 0.525. The van der Waals surface area contributed by atoms with Gasteiger partial charge in [-0.1, -0.05) is 24.8 Å². The summed E-state index contributed by atoms with van der Waals surface area (Å²) in [5, 5.41) is 20.5. The molecule has 1 saturated carbocycles. The number of fused-ring (bicyclic) bond motifs is 1. The van der Waals surface area contributed by atoms with Crippen LogP contribution in [0.4, 0.5) is 0 Å². The van der Waals surface area contributed by atoms with Crippen LogP contribution >= 0.6 is 0 Å². The molecular formula is C29H37N3O6S. The molecule has 10 heteroatoms. The Kier molecular flexibility index (Phi) is 8.96. The van der Waals surface area contributed by atoms with E-state index in [2.05, 4.69) is 16.8 Å². The van der Waals surface area contributed by atoms with Crippen molar-refractivity contribution >= 4 is 15.9 Å². The first-order chi connectivity index (χ1) is 18.5. The van der Waals surface area contributed by atoms with Crippen molar-refractivity contribution in [2.45, 2.75) is 68.6 Å². The van der Waals surface area contributed by atoms with Gasteiger partial charge in [-0.2, -0.15) is 4.31 Å². The molecule has 1 aliphatic carbocycles. The van der Waals surface area contributed by atoms with Crippen LogP contribution in [0.2, 0.25) is 0 Å². The number of hydrogen-bond donors (Lipinski definition) is 2. The Bertz CT molecular complexity index is 1330. The van der Waals surface area contributed by atoms with Gasteiger partial charge in [-0.3, -0.25) is 9.78 Å². The van der Waals surface area contributed by atoms with E-state index in [0.717, 1.165) is 18.4 Å². The third-order valence-corrected chi connectivity index (χ3v) is 9.51. The normalized spacial score (nSPS) is 22.8. The number of likely N-dealkylation sites (N-methyl/N-ethyl adjacent to an activating group) is 1. The van der Waals surface area contributed by atoms with E-state index >= 15 is 0 Å². The van der Waals surface area contributed by atoms with Crippen LogP contribution < -0.4 is 4.74 Å². The van der Waals surface area contributed by atoms with E-state index in [1.54, 1.807) is 49.5 Å². The van der Waals surface area contributed by atoms with E-state index in [9.17, 15) is 23.4 Å². The Morgan fingerprint density at radius 2 is 2.05 bits per heavy atom. The molecule has 1 aromatic heterocycles. The molecule has 2 heterocycles. The molecule has 0 radical (unpaired) electrons. The maximum Gasteiger partial charge on any atom is 0.247 e. The second kappa shape index (κ2) is 12.0. The van der Waals surface area contributed by atoms with Gasteiger partial charge in [0.1, 0.15) is 22.4 Å². The second-order valence-electron chi connectivity index (χ2n) is 10.7. The van der Waals surface area contributed by atoms with Gasteiger partial charge in [0.2, 0.25) is 15.9 Å².